The first-order valence-electron chi connectivity index (χ1n) is 6.65. The normalized spacial score (nSPS) is 21.1. The van der Waals surface area contributed by atoms with E-state index in [0.29, 0.717) is 6.42 Å². The van der Waals surface area contributed by atoms with E-state index < -0.39 is 0 Å². The standard InChI is InChI=1S/C15H20N2O2/c1-9(2)16-14(18)12-8-13(12)15(19)17-11-6-4-5-10(3)7-11/h4-7,9,12-13H,8H2,1-3H3,(H,16,18)(H,17,19). The number of anilines is 1. The minimum atomic E-state index is -0.181. The predicted octanol–water partition coefficient (Wildman–Crippen LogP) is 2.09. The van der Waals surface area contributed by atoms with Crippen LogP contribution < -0.4 is 10.6 Å². The Labute approximate surface area is 113 Å². The topological polar surface area (TPSA) is 58.2 Å². The van der Waals surface area contributed by atoms with Crippen molar-refractivity contribution in [3.8, 4) is 0 Å². The summed E-state index contributed by atoms with van der Waals surface area (Å²) < 4.78 is 0. The number of aryl methyl sites for hydroxylation is 1. The Morgan fingerprint density at radius 1 is 1.21 bits per heavy atom. The highest BCUT2D eigenvalue weighted by Gasteiger charge is 2.48. The number of carbonyl (C=O) groups is 2. The van der Waals surface area contributed by atoms with Crippen molar-refractivity contribution in [2.75, 3.05) is 5.32 Å². The van der Waals surface area contributed by atoms with Crippen LogP contribution in [0.3, 0.4) is 0 Å². The van der Waals surface area contributed by atoms with Crippen molar-refractivity contribution >= 4 is 17.5 Å². The Morgan fingerprint density at radius 2 is 1.89 bits per heavy atom. The highest BCUT2D eigenvalue weighted by atomic mass is 16.2. The minimum absolute atomic E-state index is 0.0145. The van der Waals surface area contributed by atoms with Crippen LogP contribution in [0.15, 0.2) is 24.3 Å². The SMILES string of the molecule is Cc1cccc(NC(=O)C2CC2C(=O)NC(C)C)c1. The molecule has 1 fully saturated rings. The van der Waals surface area contributed by atoms with Crippen LogP contribution >= 0.6 is 0 Å². The van der Waals surface area contributed by atoms with E-state index >= 15 is 0 Å². The van der Waals surface area contributed by atoms with E-state index in [1.165, 1.54) is 0 Å². The summed E-state index contributed by atoms with van der Waals surface area (Å²) in [5.41, 5.74) is 1.89. The maximum atomic E-state index is 12.0. The fraction of sp³-hybridized carbons (Fsp3) is 0.467. The number of carbonyl (C=O) groups excluding carboxylic acids is 2. The molecule has 0 bridgehead atoms. The van der Waals surface area contributed by atoms with E-state index in [4.69, 9.17) is 0 Å². The van der Waals surface area contributed by atoms with Gasteiger partial charge in [-0.2, -0.15) is 0 Å². The van der Waals surface area contributed by atoms with Gasteiger partial charge >= 0.3 is 0 Å². The summed E-state index contributed by atoms with van der Waals surface area (Å²) in [4.78, 5) is 23.7. The lowest BCUT2D eigenvalue weighted by molar-refractivity contribution is -0.125. The third kappa shape index (κ3) is 3.56. The van der Waals surface area contributed by atoms with Crippen molar-refractivity contribution in [2.24, 2.45) is 11.8 Å². The number of amides is 2. The van der Waals surface area contributed by atoms with Gasteiger partial charge in [0.2, 0.25) is 11.8 Å². The van der Waals surface area contributed by atoms with Gasteiger partial charge in [0, 0.05) is 11.7 Å². The number of rotatable bonds is 4. The molecule has 4 heteroatoms. The fourth-order valence-corrected chi connectivity index (χ4v) is 2.12. The minimum Gasteiger partial charge on any atom is -0.354 e. The van der Waals surface area contributed by atoms with Gasteiger partial charge in [0.15, 0.2) is 0 Å². The molecule has 2 unspecified atom stereocenters. The highest BCUT2D eigenvalue weighted by molar-refractivity contribution is 5.99. The molecule has 2 N–H and O–H groups in total. The maximum Gasteiger partial charge on any atom is 0.228 e. The number of hydrogen-bond acceptors (Lipinski definition) is 2. The summed E-state index contributed by atoms with van der Waals surface area (Å²) in [7, 11) is 0. The quantitative estimate of drug-likeness (QED) is 0.871. The van der Waals surface area contributed by atoms with Gasteiger partial charge in [-0.05, 0) is 44.9 Å². The summed E-state index contributed by atoms with van der Waals surface area (Å²) in [5, 5.41) is 5.71. The van der Waals surface area contributed by atoms with Gasteiger partial charge < -0.3 is 10.6 Å². The summed E-state index contributed by atoms with van der Waals surface area (Å²) >= 11 is 0. The molecule has 19 heavy (non-hydrogen) atoms. The van der Waals surface area contributed by atoms with Crippen molar-refractivity contribution in [3.63, 3.8) is 0 Å². The van der Waals surface area contributed by atoms with Crippen LogP contribution in [0.25, 0.3) is 0 Å². The van der Waals surface area contributed by atoms with E-state index in [1.807, 2.05) is 45.0 Å². The van der Waals surface area contributed by atoms with Crippen molar-refractivity contribution in [1.29, 1.82) is 0 Å². The van der Waals surface area contributed by atoms with Gasteiger partial charge in [0.25, 0.3) is 0 Å². The second-order valence-corrected chi connectivity index (χ2v) is 5.47. The predicted molar refractivity (Wildman–Crippen MR) is 74.7 cm³/mol. The first-order valence-corrected chi connectivity index (χ1v) is 6.65. The zero-order valence-corrected chi connectivity index (χ0v) is 11.6. The Bertz CT molecular complexity index is 497. The summed E-state index contributed by atoms with van der Waals surface area (Å²) in [6.07, 6.45) is 0.649. The molecule has 1 aliphatic rings. The molecule has 2 amide bonds. The molecule has 0 heterocycles. The first kappa shape index (κ1) is 13.6. The van der Waals surface area contributed by atoms with Crippen LogP contribution in [0.2, 0.25) is 0 Å². The lowest BCUT2D eigenvalue weighted by Crippen LogP contribution is -2.32. The second kappa shape index (κ2) is 5.43. The largest absolute Gasteiger partial charge is 0.354 e. The van der Waals surface area contributed by atoms with Crippen LogP contribution in [0.5, 0.6) is 0 Å². The number of nitrogens with one attached hydrogen (secondary N) is 2. The van der Waals surface area contributed by atoms with Crippen molar-refractivity contribution in [1.82, 2.24) is 5.32 Å². The molecule has 0 aliphatic heterocycles. The number of benzene rings is 1. The molecule has 1 aromatic carbocycles. The molecule has 2 rings (SSSR count). The first-order chi connectivity index (χ1) is 8.97. The van der Waals surface area contributed by atoms with Crippen LogP contribution in [0, 0.1) is 18.8 Å². The third-order valence-corrected chi connectivity index (χ3v) is 3.18. The lowest BCUT2D eigenvalue weighted by Gasteiger charge is -2.08. The van der Waals surface area contributed by atoms with Crippen molar-refractivity contribution in [2.45, 2.75) is 33.2 Å². The summed E-state index contributed by atoms with van der Waals surface area (Å²) in [5.74, 6) is -0.416. The molecule has 1 saturated carbocycles. The molecular formula is C15H20N2O2. The number of hydrogen-bond donors (Lipinski definition) is 2. The molecule has 0 saturated heterocycles. The third-order valence-electron chi connectivity index (χ3n) is 3.18. The van der Waals surface area contributed by atoms with Gasteiger partial charge in [-0.15, -0.1) is 0 Å². The molecule has 1 aromatic rings. The molecule has 2 atom stereocenters. The molecule has 0 radical (unpaired) electrons. The van der Waals surface area contributed by atoms with Crippen molar-refractivity contribution in [3.05, 3.63) is 29.8 Å². The average molecular weight is 260 g/mol. The summed E-state index contributed by atoms with van der Waals surface area (Å²) in [6, 6.07) is 7.78. The lowest BCUT2D eigenvalue weighted by atomic mass is 10.2. The van der Waals surface area contributed by atoms with Gasteiger partial charge in [-0.1, -0.05) is 12.1 Å². The Morgan fingerprint density at radius 3 is 2.53 bits per heavy atom. The van der Waals surface area contributed by atoms with Crippen LogP contribution in [0.4, 0.5) is 5.69 Å². The van der Waals surface area contributed by atoms with E-state index in [-0.39, 0.29) is 29.7 Å². The monoisotopic (exact) mass is 260 g/mol. The summed E-state index contributed by atoms with van der Waals surface area (Å²) in [6.45, 7) is 5.82. The van der Waals surface area contributed by atoms with Crippen LogP contribution in [-0.4, -0.2) is 17.9 Å². The van der Waals surface area contributed by atoms with Gasteiger partial charge in [0.1, 0.15) is 0 Å². The van der Waals surface area contributed by atoms with E-state index in [0.717, 1.165) is 11.3 Å². The average Bonchev–Trinajstić information content (AvgIpc) is 3.07. The maximum absolute atomic E-state index is 12.0. The fourth-order valence-electron chi connectivity index (χ4n) is 2.12. The molecule has 0 spiro atoms. The van der Waals surface area contributed by atoms with Gasteiger partial charge in [-0.3, -0.25) is 9.59 Å². The Hall–Kier alpha value is -1.84. The molecule has 1 aliphatic carbocycles. The van der Waals surface area contributed by atoms with Gasteiger partial charge in [-0.25, -0.2) is 0 Å². The zero-order valence-electron chi connectivity index (χ0n) is 11.6. The second-order valence-electron chi connectivity index (χ2n) is 5.47. The smallest absolute Gasteiger partial charge is 0.228 e. The van der Waals surface area contributed by atoms with Crippen LogP contribution in [0.1, 0.15) is 25.8 Å². The van der Waals surface area contributed by atoms with E-state index in [1.54, 1.807) is 0 Å². The molecular weight excluding hydrogens is 240 g/mol. The van der Waals surface area contributed by atoms with E-state index in [2.05, 4.69) is 10.6 Å². The highest BCUT2D eigenvalue weighted by Crippen LogP contribution is 2.39. The molecule has 4 nitrogen and oxygen atoms in total. The van der Waals surface area contributed by atoms with Crippen molar-refractivity contribution < 1.29 is 9.59 Å². The Kier molecular flexibility index (Phi) is 3.88. The molecule has 0 aromatic heterocycles. The van der Waals surface area contributed by atoms with E-state index in [9.17, 15) is 9.59 Å². The zero-order chi connectivity index (χ0) is 14.0. The van der Waals surface area contributed by atoms with Gasteiger partial charge in [0.05, 0.1) is 11.8 Å². The Balaban J connectivity index is 1.88. The molecule has 102 valence electrons. The van der Waals surface area contributed by atoms with Crippen LogP contribution in [-0.2, 0) is 9.59 Å².